The second kappa shape index (κ2) is 5.96. The monoisotopic (exact) mass is 289 g/mol. The molecule has 2 rings (SSSR count). The molecule has 1 heterocycles. The first-order chi connectivity index (χ1) is 9.54. The molecule has 0 aliphatic carbocycles. The van der Waals surface area contributed by atoms with Crippen LogP contribution in [0.1, 0.15) is 28.2 Å². The Balaban J connectivity index is 2.26. The minimum atomic E-state index is -0.128. The fraction of sp³-hybridized carbons (Fsp3) is 0.267. The van der Waals surface area contributed by atoms with Gasteiger partial charge in [0.2, 0.25) is 0 Å². The third-order valence-electron chi connectivity index (χ3n) is 3.43. The summed E-state index contributed by atoms with van der Waals surface area (Å²) >= 11 is 1.72. The summed E-state index contributed by atoms with van der Waals surface area (Å²) < 4.78 is 0. The normalized spacial score (nSPS) is 11.9. The molecule has 106 valence electrons. The molecule has 0 saturated carbocycles. The average Bonchev–Trinajstić information content (AvgIpc) is 2.99. The van der Waals surface area contributed by atoms with Crippen LogP contribution in [0, 0.1) is 0 Å². The molecule has 20 heavy (non-hydrogen) atoms. The molecule has 0 radical (unpaired) electrons. The van der Waals surface area contributed by atoms with Gasteiger partial charge in [-0.2, -0.15) is 0 Å². The van der Waals surface area contributed by atoms with Crippen molar-refractivity contribution in [2.45, 2.75) is 13.0 Å². The van der Waals surface area contributed by atoms with Crippen LogP contribution in [-0.2, 0) is 0 Å². The predicted octanol–water partition coefficient (Wildman–Crippen LogP) is 2.89. The zero-order valence-electron chi connectivity index (χ0n) is 11.9. The Kier molecular flexibility index (Phi) is 4.29. The second-order valence-electron chi connectivity index (χ2n) is 4.66. The van der Waals surface area contributed by atoms with Gasteiger partial charge < -0.3 is 16.0 Å². The van der Waals surface area contributed by atoms with E-state index in [1.165, 1.54) is 4.88 Å². The summed E-state index contributed by atoms with van der Waals surface area (Å²) in [5.41, 5.74) is 8.20. The average molecular weight is 289 g/mol. The molecule has 4 nitrogen and oxygen atoms in total. The van der Waals surface area contributed by atoms with E-state index in [9.17, 15) is 4.79 Å². The van der Waals surface area contributed by atoms with Crippen molar-refractivity contribution in [2.24, 2.45) is 0 Å². The SMILES string of the molecule is CNC(=O)c1ccc(N(C)C(C)c2cccs2)c(N)c1. The molecule has 0 spiro atoms. The lowest BCUT2D eigenvalue weighted by Crippen LogP contribution is -2.23. The fourth-order valence-corrected chi connectivity index (χ4v) is 2.92. The lowest BCUT2D eigenvalue weighted by molar-refractivity contribution is 0.0963. The van der Waals surface area contributed by atoms with Crippen LogP contribution in [0.4, 0.5) is 11.4 Å². The number of hydrogen-bond acceptors (Lipinski definition) is 4. The third kappa shape index (κ3) is 2.77. The van der Waals surface area contributed by atoms with Gasteiger partial charge >= 0.3 is 0 Å². The molecule has 1 aromatic carbocycles. The Bertz CT molecular complexity index is 595. The summed E-state index contributed by atoms with van der Waals surface area (Å²) in [5, 5.41) is 4.66. The van der Waals surface area contributed by atoms with Crippen molar-refractivity contribution < 1.29 is 4.79 Å². The third-order valence-corrected chi connectivity index (χ3v) is 4.48. The van der Waals surface area contributed by atoms with Crippen LogP contribution in [0.3, 0.4) is 0 Å². The molecule has 0 aliphatic heterocycles. The zero-order chi connectivity index (χ0) is 14.7. The largest absolute Gasteiger partial charge is 0.397 e. The summed E-state index contributed by atoms with van der Waals surface area (Å²) in [5.74, 6) is -0.128. The van der Waals surface area contributed by atoms with Crippen LogP contribution in [-0.4, -0.2) is 20.0 Å². The number of anilines is 2. The molecule has 3 N–H and O–H groups in total. The van der Waals surface area contributed by atoms with Crippen LogP contribution >= 0.6 is 11.3 Å². The minimum absolute atomic E-state index is 0.128. The van der Waals surface area contributed by atoms with Crippen molar-refractivity contribution in [3.63, 3.8) is 0 Å². The number of amides is 1. The van der Waals surface area contributed by atoms with Gasteiger partial charge in [-0.1, -0.05) is 6.07 Å². The van der Waals surface area contributed by atoms with E-state index in [1.807, 2.05) is 19.2 Å². The Morgan fingerprint density at radius 1 is 1.40 bits per heavy atom. The fourth-order valence-electron chi connectivity index (χ4n) is 2.09. The number of carbonyl (C=O) groups excluding carboxylic acids is 1. The van der Waals surface area contributed by atoms with Gasteiger partial charge in [-0.15, -0.1) is 11.3 Å². The molecule has 1 aromatic heterocycles. The van der Waals surface area contributed by atoms with Crippen LogP contribution in [0.5, 0.6) is 0 Å². The highest BCUT2D eigenvalue weighted by molar-refractivity contribution is 7.10. The molecular weight excluding hydrogens is 270 g/mol. The van der Waals surface area contributed by atoms with E-state index < -0.39 is 0 Å². The van der Waals surface area contributed by atoms with Gasteiger partial charge in [0, 0.05) is 24.5 Å². The molecule has 1 amide bonds. The summed E-state index contributed by atoms with van der Waals surface area (Å²) in [6.07, 6.45) is 0. The first-order valence-electron chi connectivity index (χ1n) is 6.42. The van der Waals surface area contributed by atoms with Crippen molar-refractivity contribution in [3.05, 3.63) is 46.2 Å². The molecule has 1 unspecified atom stereocenters. The van der Waals surface area contributed by atoms with Crippen LogP contribution in [0.15, 0.2) is 35.7 Å². The molecule has 0 bridgehead atoms. The van der Waals surface area contributed by atoms with E-state index in [0.717, 1.165) is 5.69 Å². The molecule has 0 fully saturated rings. The number of carbonyl (C=O) groups is 1. The maximum atomic E-state index is 11.6. The van der Waals surface area contributed by atoms with Crippen LogP contribution in [0.2, 0.25) is 0 Å². The highest BCUT2D eigenvalue weighted by Crippen LogP contribution is 2.32. The van der Waals surface area contributed by atoms with E-state index in [-0.39, 0.29) is 11.9 Å². The highest BCUT2D eigenvalue weighted by atomic mass is 32.1. The van der Waals surface area contributed by atoms with Crippen molar-refractivity contribution in [1.29, 1.82) is 0 Å². The molecule has 1 atom stereocenters. The zero-order valence-corrected chi connectivity index (χ0v) is 12.7. The van der Waals surface area contributed by atoms with Gasteiger partial charge in [0.1, 0.15) is 0 Å². The summed E-state index contributed by atoms with van der Waals surface area (Å²) in [6, 6.07) is 9.80. The first kappa shape index (κ1) is 14.4. The van der Waals surface area contributed by atoms with Crippen molar-refractivity contribution in [3.8, 4) is 0 Å². The standard InChI is InChI=1S/C15H19N3OS/c1-10(14-5-4-8-20-14)18(3)13-7-6-11(9-12(13)16)15(19)17-2/h4-10H,16H2,1-3H3,(H,17,19). The maximum absolute atomic E-state index is 11.6. The quantitative estimate of drug-likeness (QED) is 0.851. The molecule has 5 heteroatoms. The number of benzene rings is 1. The van der Waals surface area contributed by atoms with Gasteiger partial charge in [0.15, 0.2) is 0 Å². The Morgan fingerprint density at radius 2 is 2.15 bits per heavy atom. The molecule has 2 aromatic rings. The number of rotatable bonds is 4. The van der Waals surface area contributed by atoms with Crippen molar-refractivity contribution in [2.75, 3.05) is 24.7 Å². The lowest BCUT2D eigenvalue weighted by atomic mass is 10.1. The number of nitrogens with zero attached hydrogens (tertiary/aromatic N) is 1. The minimum Gasteiger partial charge on any atom is -0.397 e. The molecular formula is C15H19N3OS. The van der Waals surface area contributed by atoms with Crippen LogP contribution < -0.4 is 16.0 Å². The maximum Gasteiger partial charge on any atom is 0.251 e. The van der Waals surface area contributed by atoms with Gasteiger partial charge in [-0.25, -0.2) is 0 Å². The summed E-state index contributed by atoms with van der Waals surface area (Å²) in [6.45, 7) is 2.14. The topological polar surface area (TPSA) is 58.4 Å². The number of thiophene rings is 1. The Hall–Kier alpha value is -2.01. The van der Waals surface area contributed by atoms with E-state index in [1.54, 1.807) is 30.5 Å². The van der Waals surface area contributed by atoms with E-state index in [4.69, 9.17) is 5.73 Å². The summed E-state index contributed by atoms with van der Waals surface area (Å²) in [7, 11) is 3.62. The van der Waals surface area contributed by atoms with Gasteiger partial charge in [0.05, 0.1) is 17.4 Å². The van der Waals surface area contributed by atoms with E-state index >= 15 is 0 Å². The van der Waals surface area contributed by atoms with Crippen LogP contribution in [0.25, 0.3) is 0 Å². The van der Waals surface area contributed by atoms with Gasteiger partial charge in [-0.3, -0.25) is 4.79 Å². The number of nitrogens with one attached hydrogen (secondary N) is 1. The Labute approximate surface area is 123 Å². The predicted molar refractivity (Wildman–Crippen MR) is 85.4 cm³/mol. The van der Waals surface area contributed by atoms with Crippen molar-refractivity contribution >= 4 is 28.6 Å². The van der Waals surface area contributed by atoms with Crippen molar-refractivity contribution in [1.82, 2.24) is 5.32 Å². The number of nitrogen functional groups attached to an aromatic ring is 1. The second-order valence-corrected chi connectivity index (χ2v) is 5.63. The molecule has 0 saturated heterocycles. The lowest BCUT2D eigenvalue weighted by Gasteiger charge is -2.27. The summed E-state index contributed by atoms with van der Waals surface area (Å²) in [4.78, 5) is 15.0. The first-order valence-corrected chi connectivity index (χ1v) is 7.30. The van der Waals surface area contributed by atoms with Gasteiger partial charge in [0.25, 0.3) is 5.91 Å². The number of nitrogens with two attached hydrogens (primary N) is 1. The molecule has 0 aliphatic rings. The smallest absolute Gasteiger partial charge is 0.251 e. The van der Waals surface area contributed by atoms with Gasteiger partial charge in [-0.05, 0) is 36.6 Å². The number of hydrogen-bond donors (Lipinski definition) is 2. The van der Waals surface area contributed by atoms with E-state index in [0.29, 0.717) is 11.3 Å². The Morgan fingerprint density at radius 3 is 2.70 bits per heavy atom. The van der Waals surface area contributed by atoms with E-state index in [2.05, 4.69) is 28.6 Å². The highest BCUT2D eigenvalue weighted by Gasteiger charge is 2.16.